The molecule has 0 N–H and O–H groups in total. The van der Waals surface area contributed by atoms with Gasteiger partial charge in [0.2, 0.25) is 0 Å². The van der Waals surface area contributed by atoms with E-state index in [4.69, 9.17) is 0 Å². The maximum Gasteiger partial charge on any atom is 0.159 e. The maximum absolute atomic E-state index is 13.4. The van der Waals surface area contributed by atoms with Crippen LogP contribution in [0, 0.1) is 46.3 Å². The Bertz CT molecular complexity index is 630. The number of allylic oxidation sites excluding steroid dienone is 2. The first-order valence-electron chi connectivity index (χ1n) is 12.5. The van der Waals surface area contributed by atoms with E-state index in [-0.39, 0.29) is 0 Å². The number of carbonyl (C=O) groups excluding carboxylic acids is 1. The van der Waals surface area contributed by atoms with Gasteiger partial charge in [-0.2, -0.15) is 0 Å². The van der Waals surface area contributed by atoms with Crippen molar-refractivity contribution in [2.24, 2.45) is 46.3 Å². The van der Waals surface area contributed by atoms with Crippen molar-refractivity contribution in [1.29, 1.82) is 0 Å². The van der Waals surface area contributed by atoms with Crippen molar-refractivity contribution >= 4 is 5.78 Å². The molecule has 1 heteroatoms. The molecule has 0 radical (unpaired) electrons. The van der Waals surface area contributed by atoms with Crippen molar-refractivity contribution in [3.8, 4) is 0 Å². The van der Waals surface area contributed by atoms with Gasteiger partial charge in [0.05, 0.1) is 0 Å². The quantitative estimate of drug-likeness (QED) is 0.477. The molecule has 158 valence electrons. The molecule has 4 aliphatic carbocycles. The number of ketones is 1. The largest absolute Gasteiger partial charge is 0.295 e. The molecule has 0 bridgehead atoms. The summed E-state index contributed by atoms with van der Waals surface area (Å²) >= 11 is 0. The second-order valence-corrected chi connectivity index (χ2v) is 12.0. The molecule has 0 aromatic rings. The summed E-state index contributed by atoms with van der Waals surface area (Å²) in [7, 11) is 0. The van der Waals surface area contributed by atoms with Crippen molar-refractivity contribution in [2.45, 2.75) is 105 Å². The van der Waals surface area contributed by atoms with Crippen molar-refractivity contribution in [3.63, 3.8) is 0 Å². The summed E-state index contributed by atoms with van der Waals surface area (Å²) < 4.78 is 0. The molecule has 0 heterocycles. The Morgan fingerprint density at radius 3 is 2.54 bits per heavy atom. The van der Waals surface area contributed by atoms with Gasteiger partial charge in [0.15, 0.2) is 5.78 Å². The van der Waals surface area contributed by atoms with Gasteiger partial charge in [-0.05, 0) is 91.4 Å². The third-order valence-corrected chi connectivity index (χ3v) is 10.1. The third kappa shape index (κ3) is 3.24. The van der Waals surface area contributed by atoms with Crippen LogP contribution < -0.4 is 0 Å². The number of carbonyl (C=O) groups is 1. The fourth-order valence-electron chi connectivity index (χ4n) is 8.46. The average molecular weight is 385 g/mol. The molecule has 0 saturated heterocycles. The Balaban J connectivity index is 1.54. The number of rotatable bonds is 5. The van der Waals surface area contributed by atoms with Gasteiger partial charge in [-0.15, -0.1) is 0 Å². The summed E-state index contributed by atoms with van der Waals surface area (Å²) in [5, 5.41) is 0. The zero-order valence-corrected chi connectivity index (χ0v) is 19.2. The first kappa shape index (κ1) is 20.7. The number of fused-ring (bicyclic) bond motifs is 5. The average Bonchev–Trinajstić information content (AvgIpc) is 2.99. The summed E-state index contributed by atoms with van der Waals surface area (Å²) in [5.41, 5.74) is 2.26. The summed E-state index contributed by atoms with van der Waals surface area (Å²) in [4.78, 5) is 13.4. The summed E-state index contributed by atoms with van der Waals surface area (Å²) in [6.07, 6.45) is 16.8. The lowest BCUT2D eigenvalue weighted by molar-refractivity contribution is -0.134. The van der Waals surface area contributed by atoms with Crippen LogP contribution in [0.15, 0.2) is 11.6 Å². The maximum atomic E-state index is 13.4. The minimum absolute atomic E-state index is 0.332. The Kier molecular flexibility index (Phi) is 5.60. The third-order valence-electron chi connectivity index (χ3n) is 10.1. The van der Waals surface area contributed by atoms with Gasteiger partial charge in [0.1, 0.15) is 0 Å². The van der Waals surface area contributed by atoms with Crippen LogP contribution in [0.2, 0.25) is 0 Å². The molecule has 7 atom stereocenters. The molecular formula is C27H44O. The Hall–Kier alpha value is -0.590. The SMILES string of the molecule is CC(C)CCC[C@@H](C)[C@H]1CC[C@H]2[C@@H]3C(=O)C=C4CCCC[C@]4(C)[C@H]3CC[C@]12C. The van der Waals surface area contributed by atoms with Crippen LogP contribution in [-0.2, 0) is 4.79 Å². The van der Waals surface area contributed by atoms with Crippen LogP contribution in [0.5, 0.6) is 0 Å². The van der Waals surface area contributed by atoms with E-state index in [1.54, 1.807) is 0 Å². The van der Waals surface area contributed by atoms with E-state index >= 15 is 0 Å². The van der Waals surface area contributed by atoms with Crippen LogP contribution in [0.1, 0.15) is 105 Å². The van der Waals surface area contributed by atoms with Crippen LogP contribution in [0.3, 0.4) is 0 Å². The van der Waals surface area contributed by atoms with Gasteiger partial charge in [-0.3, -0.25) is 4.79 Å². The molecule has 3 fully saturated rings. The topological polar surface area (TPSA) is 17.1 Å². The van der Waals surface area contributed by atoms with Crippen LogP contribution in [-0.4, -0.2) is 5.78 Å². The van der Waals surface area contributed by atoms with Crippen molar-refractivity contribution in [2.75, 3.05) is 0 Å². The van der Waals surface area contributed by atoms with E-state index in [1.165, 1.54) is 76.2 Å². The highest BCUT2D eigenvalue weighted by atomic mass is 16.1. The van der Waals surface area contributed by atoms with E-state index in [0.29, 0.717) is 34.4 Å². The van der Waals surface area contributed by atoms with Gasteiger partial charge in [0.25, 0.3) is 0 Å². The lowest BCUT2D eigenvalue weighted by Gasteiger charge is -2.57. The van der Waals surface area contributed by atoms with Crippen LogP contribution >= 0.6 is 0 Å². The Morgan fingerprint density at radius 2 is 1.79 bits per heavy atom. The molecule has 3 saturated carbocycles. The second-order valence-electron chi connectivity index (χ2n) is 12.0. The Labute approximate surface area is 174 Å². The van der Waals surface area contributed by atoms with Gasteiger partial charge in [0, 0.05) is 5.92 Å². The molecule has 4 rings (SSSR count). The highest BCUT2D eigenvalue weighted by Gasteiger charge is 2.60. The van der Waals surface area contributed by atoms with Crippen LogP contribution in [0.25, 0.3) is 0 Å². The van der Waals surface area contributed by atoms with E-state index in [0.717, 1.165) is 17.8 Å². The number of hydrogen-bond donors (Lipinski definition) is 0. The lowest BCUT2D eigenvalue weighted by Crippen LogP contribution is -2.53. The van der Waals surface area contributed by atoms with Gasteiger partial charge < -0.3 is 0 Å². The molecule has 0 unspecified atom stereocenters. The molecule has 0 amide bonds. The summed E-state index contributed by atoms with van der Waals surface area (Å²) in [6.45, 7) is 12.3. The van der Waals surface area contributed by atoms with Gasteiger partial charge in [-0.1, -0.05) is 65.9 Å². The standard InChI is InChI=1S/C27H44O/c1-18(2)9-8-10-19(3)21-12-13-22-25-23(14-16-27(21,22)5)26(4)15-7-6-11-20(26)17-24(25)28/h17-19,21-23,25H,6-16H2,1-5H3/t19-,21-,22+,23+,25+,26+,27-/m1/s1. The number of hydrogen-bond acceptors (Lipinski definition) is 1. The zero-order valence-electron chi connectivity index (χ0n) is 19.2. The van der Waals surface area contributed by atoms with E-state index in [2.05, 4.69) is 40.7 Å². The molecule has 0 spiro atoms. The highest BCUT2D eigenvalue weighted by Crippen LogP contribution is 2.66. The first-order valence-corrected chi connectivity index (χ1v) is 12.5. The highest BCUT2D eigenvalue weighted by molar-refractivity contribution is 5.94. The fourth-order valence-corrected chi connectivity index (χ4v) is 8.46. The van der Waals surface area contributed by atoms with E-state index < -0.39 is 0 Å². The zero-order chi connectivity index (χ0) is 20.1. The minimum atomic E-state index is 0.332. The first-order chi connectivity index (χ1) is 13.3. The summed E-state index contributed by atoms with van der Waals surface area (Å²) in [5.74, 6) is 4.61. The minimum Gasteiger partial charge on any atom is -0.295 e. The smallest absolute Gasteiger partial charge is 0.159 e. The van der Waals surface area contributed by atoms with Crippen molar-refractivity contribution < 1.29 is 4.79 Å². The molecule has 0 aromatic heterocycles. The predicted octanol–water partition coefficient (Wildman–Crippen LogP) is 7.60. The predicted molar refractivity (Wildman–Crippen MR) is 118 cm³/mol. The second kappa shape index (κ2) is 7.59. The molecular weight excluding hydrogens is 340 g/mol. The van der Waals surface area contributed by atoms with Gasteiger partial charge >= 0.3 is 0 Å². The van der Waals surface area contributed by atoms with Gasteiger partial charge in [-0.25, -0.2) is 0 Å². The normalized spacial score (nSPS) is 43.9. The molecule has 4 aliphatic rings. The van der Waals surface area contributed by atoms with Crippen LogP contribution in [0.4, 0.5) is 0 Å². The lowest BCUT2D eigenvalue weighted by atomic mass is 9.47. The van der Waals surface area contributed by atoms with Crippen molar-refractivity contribution in [3.05, 3.63) is 11.6 Å². The summed E-state index contributed by atoms with van der Waals surface area (Å²) in [6, 6.07) is 0. The Morgan fingerprint density at radius 1 is 1.00 bits per heavy atom. The molecule has 0 aliphatic heterocycles. The fraction of sp³-hybridized carbons (Fsp3) is 0.889. The van der Waals surface area contributed by atoms with Crippen molar-refractivity contribution in [1.82, 2.24) is 0 Å². The molecule has 28 heavy (non-hydrogen) atoms. The monoisotopic (exact) mass is 384 g/mol. The molecule has 1 nitrogen and oxygen atoms in total. The van der Waals surface area contributed by atoms with E-state index in [1.807, 2.05) is 0 Å². The van der Waals surface area contributed by atoms with E-state index in [9.17, 15) is 4.79 Å². The molecule has 0 aromatic carbocycles.